The normalized spacial score (nSPS) is 33.1. The summed E-state index contributed by atoms with van der Waals surface area (Å²) in [4.78, 5) is 16.4. The highest BCUT2D eigenvalue weighted by Gasteiger charge is 2.37. The van der Waals surface area contributed by atoms with Crippen molar-refractivity contribution in [2.24, 2.45) is 0 Å². The molecule has 1 amide bonds. The quantitative estimate of drug-likeness (QED) is 0.724. The molecule has 0 bridgehead atoms. The van der Waals surface area contributed by atoms with Gasteiger partial charge in [-0.25, -0.2) is 0 Å². The summed E-state index contributed by atoms with van der Waals surface area (Å²) in [5, 5.41) is 13.1. The Morgan fingerprint density at radius 1 is 1.44 bits per heavy atom. The number of carbonyl (C=O) groups is 1. The van der Waals surface area contributed by atoms with Gasteiger partial charge in [-0.2, -0.15) is 0 Å². The lowest BCUT2D eigenvalue weighted by Crippen LogP contribution is -2.51. The van der Waals surface area contributed by atoms with Gasteiger partial charge in [-0.15, -0.1) is 0 Å². The predicted molar refractivity (Wildman–Crippen MR) is 70.3 cm³/mol. The molecule has 0 aromatic heterocycles. The van der Waals surface area contributed by atoms with E-state index in [-0.39, 0.29) is 24.1 Å². The first-order valence-electron chi connectivity index (χ1n) is 6.94. The maximum atomic E-state index is 12.5. The zero-order valence-electron chi connectivity index (χ0n) is 11.4. The summed E-state index contributed by atoms with van der Waals surface area (Å²) in [6.45, 7) is 2.26. The molecule has 104 valence electrons. The molecule has 2 fully saturated rings. The number of aliphatic hydroxyl groups excluding tert-OH is 1. The van der Waals surface area contributed by atoms with E-state index in [0.717, 1.165) is 32.4 Å². The van der Waals surface area contributed by atoms with Gasteiger partial charge in [0, 0.05) is 19.1 Å². The minimum absolute atomic E-state index is 0.0336. The van der Waals surface area contributed by atoms with Crippen molar-refractivity contribution in [3.63, 3.8) is 0 Å². The largest absolute Gasteiger partial charge is 0.391 e. The highest BCUT2D eigenvalue weighted by Crippen LogP contribution is 2.21. The zero-order chi connectivity index (χ0) is 13.1. The van der Waals surface area contributed by atoms with Gasteiger partial charge in [0.05, 0.1) is 12.1 Å². The van der Waals surface area contributed by atoms with Gasteiger partial charge in [0.1, 0.15) is 0 Å². The van der Waals surface area contributed by atoms with Crippen molar-refractivity contribution in [3.05, 3.63) is 0 Å². The van der Waals surface area contributed by atoms with E-state index in [2.05, 4.69) is 10.2 Å². The molecule has 3 atom stereocenters. The second-order valence-corrected chi connectivity index (χ2v) is 5.80. The molecule has 0 aliphatic carbocycles. The standard InChI is InChI=1S/C13H25N3O2/c1-15(2)8-10-7-11(17)9-16(10)13(18)12-5-3-4-6-14-12/h10-12,14,17H,3-9H2,1-2H3/t10?,11?,12-/m1/s1. The zero-order valence-corrected chi connectivity index (χ0v) is 11.4. The van der Waals surface area contributed by atoms with Gasteiger partial charge >= 0.3 is 0 Å². The summed E-state index contributed by atoms with van der Waals surface area (Å²) in [5.74, 6) is 0.179. The van der Waals surface area contributed by atoms with Crippen molar-refractivity contribution in [2.75, 3.05) is 33.7 Å². The van der Waals surface area contributed by atoms with E-state index < -0.39 is 0 Å². The molecule has 5 nitrogen and oxygen atoms in total. The summed E-state index contributed by atoms with van der Waals surface area (Å²) in [7, 11) is 4.01. The van der Waals surface area contributed by atoms with Gasteiger partial charge in [-0.3, -0.25) is 4.79 Å². The molecule has 2 rings (SSSR count). The summed E-state index contributed by atoms with van der Waals surface area (Å²) in [5.41, 5.74) is 0. The Kier molecular flexibility index (Phi) is 4.59. The average molecular weight is 255 g/mol. The van der Waals surface area contributed by atoms with Crippen LogP contribution in [0.3, 0.4) is 0 Å². The molecule has 5 heteroatoms. The van der Waals surface area contributed by atoms with E-state index in [1.165, 1.54) is 0 Å². The smallest absolute Gasteiger partial charge is 0.240 e. The predicted octanol–water partition coefficient (Wildman–Crippen LogP) is -0.348. The number of amides is 1. The number of likely N-dealkylation sites (N-methyl/N-ethyl adjacent to an activating group) is 1. The Hall–Kier alpha value is -0.650. The number of β-amino-alcohol motifs (C(OH)–C–C–N with tert-alkyl or cyclic N) is 1. The maximum absolute atomic E-state index is 12.5. The van der Waals surface area contributed by atoms with E-state index in [1.807, 2.05) is 19.0 Å². The van der Waals surface area contributed by atoms with Crippen LogP contribution in [-0.4, -0.2) is 72.7 Å². The van der Waals surface area contributed by atoms with Crippen molar-refractivity contribution in [1.29, 1.82) is 0 Å². The van der Waals surface area contributed by atoms with Crippen molar-refractivity contribution < 1.29 is 9.90 Å². The van der Waals surface area contributed by atoms with Crippen LogP contribution in [0.1, 0.15) is 25.7 Å². The molecule has 0 radical (unpaired) electrons. The van der Waals surface area contributed by atoms with Crippen molar-refractivity contribution >= 4 is 5.91 Å². The van der Waals surface area contributed by atoms with Gasteiger partial charge in [0.2, 0.25) is 5.91 Å². The van der Waals surface area contributed by atoms with Crippen LogP contribution in [0.2, 0.25) is 0 Å². The molecule has 0 spiro atoms. The number of carbonyl (C=O) groups excluding carboxylic acids is 1. The van der Waals surface area contributed by atoms with Crippen LogP contribution in [0, 0.1) is 0 Å². The van der Waals surface area contributed by atoms with Crippen LogP contribution in [0.5, 0.6) is 0 Å². The fourth-order valence-electron chi connectivity index (χ4n) is 3.02. The number of aliphatic hydroxyl groups is 1. The van der Waals surface area contributed by atoms with E-state index in [4.69, 9.17) is 0 Å². The molecule has 0 saturated carbocycles. The Balaban J connectivity index is 1.97. The monoisotopic (exact) mass is 255 g/mol. The van der Waals surface area contributed by atoms with Gasteiger partial charge in [0.25, 0.3) is 0 Å². The van der Waals surface area contributed by atoms with Crippen LogP contribution < -0.4 is 5.32 Å². The number of hydrogen-bond donors (Lipinski definition) is 2. The van der Waals surface area contributed by atoms with Gasteiger partial charge in [-0.05, 0) is 39.9 Å². The third-order valence-electron chi connectivity index (χ3n) is 3.86. The third-order valence-corrected chi connectivity index (χ3v) is 3.86. The molecule has 2 heterocycles. The van der Waals surface area contributed by atoms with Crippen LogP contribution >= 0.6 is 0 Å². The molecule has 0 aromatic carbocycles. The van der Waals surface area contributed by atoms with Crippen LogP contribution in [0.4, 0.5) is 0 Å². The van der Waals surface area contributed by atoms with Gasteiger partial charge < -0.3 is 20.2 Å². The van der Waals surface area contributed by atoms with Gasteiger partial charge in [-0.1, -0.05) is 6.42 Å². The topological polar surface area (TPSA) is 55.8 Å². The number of hydrogen-bond acceptors (Lipinski definition) is 4. The second-order valence-electron chi connectivity index (χ2n) is 5.80. The number of nitrogens with zero attached hydrogens (tertiary/aromatic N) is 2. The van der Waals surface area contributed by atoms with E-state index >= 15 is 0 Å². The first-order valence-corrected chi connectivity index (χ1v) is 6.94. The molecule has 2 aliphatic rings. The van der Waals surface area contributed by atoms with E-state index in [9.17, 15) is 9.90 Å². The summed E-state index contributed by atoms with van der Waals surface area (Å²) in [6, 6.07) is 0.125. The minimum Gasteiger partial charge on any atom is -0.391 e. The number of piperidine rings is 1. The molecule has 2 unspecified atom stereocenters. The average Bonchev–Trinajstić information content (AvgIpc) is 2.69. The summed E-state index contributed by atoms with van der Waals surface area (Å²) in [6.07, 6.45) is 3.56. The number of likely N-dealkylation sites (tertiary alicyclic amines) is 1. The summed E-state index contributed by atoms with van der Waals surface area (Å²) >= 11 is 0. The molecule has 0 aromatic rings. The highest BCUT2D eigenvalue weighted by molar-refractivity contribution is 5.82. The fraction of sp³-hybridized carbons (Fsp3) is 0.923. The molecule has 18 heavy (non-hydrogen) atoms. The van der Waals surface area contributed by atoms with Crippen LogP contribution in [0.15, 0.2) is 0 Å². The van der Waals surface area contributed by atoms with E-state index in [1.54, 1.807) is 0 Å². The highest BCUT2D eigenvalue weighted by atomic mass is 16.3. The molecule has 2 saturated heterocycles. The number of nitrogens with one attached hydrogen (secondary N) is 1. The van der Waals surface area contributed by atoms with Crippen molar-refractivity contribution in [2.45, 2.75) is 43.9 Å². The van der Waals surface area contributed by atoms with Crippen molar-refractivity contribution in [3.8, 4) is 0 Å². The maximum Gasteiger partial charge on any atom is 0.240 e. The van der Waals surface area contributed by atoms with Crippen LogP contribution in [0.25, 0.3) is 0 Å². The Morgan fingerprint density at radius 2 is 2.22 bits per heavy atom. The number of rotatable bonds is 3. The lowest BCUT2D eigenvalue weighted by molar-refractivity contribution is -0.135. The molecular formula is C13H25N3O2. The Morgan fingerprint density at radius 3 is 2.83 bits per heavy atom. The first-order chi connectivity index (χ1) is 8.58. The minimum atomic E-state index is -0.359. The van der Waals surface area contributed by atoms with Gasteiger partial charge in [0.15, 0.2) is 0 Å². The van der Waals surface area contributed by atoms with E-state index in [0.29, 0.717) is 13.0 Å². The summed E-state index contributed by atoms with van der Waals surface area (Å²) < 4.78 is 0. The van der Waals surface area contributed by atoms with Crippen LogP contribution in [-0.2, 0) is 4.79 Å². The second kappa shape index (κ2) is 5.99. The lowest BCUT2D eigenvalue weighted by atomic mass is 10.0. The Labute approximate surface area is 109 Å². The Bertz CT molecular complexity index is 290. The third kappa shape index (κ3) is 3.22. The molecular weight excluding hydrogens is 230 g/mol. The first kappa shape index (κ1) is 13.8. The van der Waals surface area contributed by atoms with Crippen molar-refractivity contribution in [1.82, 2.24) is 15.1 Å². The SMILES string of the molecule is CN(C)CC1CC(O)CN1C(=O)[C@H]1CCCCN1. The lowest BCUT2D eigenvalue weighted by Gasteiger charge is -2.32. The molecule has 2 N–H and O–H groups in total. The molecule has 2 aliphatic heterocycles. The fourth-order valence-corrected chi connectivity index (χ4v) is 3.02.